The zero-order valence-electron chi connectivity index (χ0n) is 14.7. The summed E-state index contributed by atoms with van der Waals surface area (Å²) >= 11 is 6.00. The quantitative estimate of drug-likeness (QED) is 0.807. The Morgan fingerprint density at radius 1 is 1.04 bits per heavy atom. The first-order chi connectivity index (χ1) is 12.3. The molecule has 0 unspecified atom stereocenters. The maximum atomic E-state index is 12.9. The second-order valence-electron chi connectivity index (χ2n) is 6.08. The van der Waals surface area contributed by atoms with E-state index in [1.165, 1.54) is 17.0 Å². The van der Waals surface area contributed by atoms with E-state index in [1.54, 1.807) is 55.4 Å². The molecular weight excluding hydrogens is 357 g/mol. The van der Waals surface area contributed by atoms with Crippen LogP contribution in [0.5, 0.6) is 0 Å². The van der Waals surface area contributed by atoms with E-state index in [4.69, 9.17) is 11.6 Å². The van der Waals surface area contributed by atoms with Gasteiger partial charge in [0.2, 0.25) is 11.8 Å². The number of nitrogens with zero attached hydrogens (tertiary/aromatic N) is 2. The summed E-state index contributed by atoms with van der Waals surface area (Å²) in [6, 6.07) is 13.0. The standard InChI is InChI=1S/C19H21ClFN3O2/c1-23(11-14-7-9-15(21)10-8-14)13-19(26)24(2)12-18(25)22-17-6-4-3-5-16(17)20/h3-10H,11-13H2,1-2H3,(H,22,25). The lowest BCUT2D eigenvalue weighted by molar-refractivity contribution is -0.134. The second kappa shape index (κ2) is 9.31. The fourth-order valence-corrected chi connectivity index (χ4v) is 2.55. The first-order valence-electron chi connectivity index (χ1n) is 8.06. The van der Waals surface area contributed by atoms with Gasteiger partial charge in [0.05, 0.1) is 23.8 Å². The second-order valence-corrected chi connectivity index (χ2v) is 6.48. The molecule has 0 fully saturated rings. The van der Waals surface area contributed by atoms with Crippen LogP contribution in [0.15, 0.2) is 48.5 Å². The number of amides is 2. The molecule has 0 aliphatic carbocycles. The highest BCUT2D eigenvalue weighted by atomic mass is 35.5. The summed E-state index contributed by atoms with van der Waals surface area (Å²) in [5.74, 6) is -0.809. The van der Waals surface area contributed by atoms with Crippen molar-refractivity contribution in [2.45, 2.75) is 6.54 Å². The van der Waals surface area contributed by atoms with Crippen LogP contribution in [0.2, 0.25) is 5.02 Å². The summed E-state index contributed by atoms with van der Waals surface area (Å²) in [7, 11) is 3.36. The van der Waals surface area contributed by atoms with Crippen LogP contribution in [-0.2, 0) is 16.1 Å². The first kappa shape index (κ1) is 19.9. The molecule has 5 nitrogen and oxygen atoms in total. The van der Waals surface area contributed by atoms with Crippen molar-refractivity contribution in [3.05, 3.63) is 64.9 Å². The van der Waals surface area contributed by atoms with Gasteiger partial charge in [0.15, 0.2) is 0 Å². The average molecular weight is 378 g/mol. The number of anilines is 1. The zero-order chi connectivity index (χ0) is 19.1. The minimum atomic E-state index is -0.324. The monoisotopic (exact) mass is 377 g/mol. The van der Waals surface area contributed by atoms with E-state index >= 15 is 0 Å². The van der Waals surface area contributed by atoms with E-state index < -0.39 is 0 Å². The summed E-state index contributed by atoms with van der Waals surface area (Å²) in [4.78, 5) is 27.5. The average Bonchev–Trinajstić information content (AvgIpc) is 2.58. The molecule has 0 saturated carbocycles. The first-order valence-corrected chi connectivity index (χ1v) is 8.44. The third-order valence-corrected chi connectivity index (χ3v) is 4.05. The Hall–Kier alpha value is -2.44. The fourth-order valence-electron chi connectivity index (χ4n) is 2.36. The van der Waals surface area contributed by atoms with Gasteiger partial charge in [0.25, 0.3) is 0 Å². The minimum Gasteiger partial charge on any atom is -0.335 e. The fraction of sp³-hybridized carbons (Fsp3) is 0.263. The molecule has 2 rings (SSSR count). The van der Waals surface area contributed by atoms with Gasteiger partial charge in [-0.15, -0.1) is 0 Å². The van der Waals surface area contributed by atoms with Gasteiger partial charge in [-0.05, 0) is 36.9 Å². The molecule has 2 aromatic carbocycles. The van der Waals surface area contributed by atoms with Crippen LogP contribution in [-0.4, -0.2) is 48.8 Å². The molecule has 0 aliphatic heterocycles. The summed E-state index contributed by atoms with van der Waals surface area (Å²) in [6.45, 7) is 0.577. The van der Waals surface area contributed by atoms with Gasteiger partial charge in [-0.3, -0.25) is 14.5 Å². The van der Waals surface area contributed by atoms with Gasteiger partial charge in [-0.1, -0.05) is 35.9 Å². The largest absolute Gasteiger partial charge is 0.335 e. The summed E-state index contributed by atoms with van der Waals surface area (Å²) in [5, 5.41) is 3.12. The molecule has 0 aromatic heterocycles. The van der Waals surface area contributed by atoms with E-state index in [9.17, 15) is 14.0 Å². The van der Waals surface area contributed by atoms with Crippen LogP contribution in [0.1, 0.15) is 5.56 Å². The molecule has 0 radical (unpaired) electrons. The van der Waals surface area contributed by atoms with E-state index in [0.717, 1.165) is 5.56 Å². The number of rotatable bonds is 7. The highest BCUT2D eigenvalue weighted by molar-refractivity contribution is 6.33. The van der Waals surface area contributed by atoms with Crippen LogP contribution in [0.3, 0.4) is 0 Å². The third-order valence-electron chi connectivity index (χ3n) is 3.73. The van der Waals surface area contributed by atoms with Gasteiger partial charge in [-0.25, -0.2) is 4.39 Å². The van der Waals surface area contributed by atoms with Crippen molar-refractivity contribution in [1.29, 1.82) is 0 Å². The van der Waals surface area contributed by atoms with Crippen molar-refractivity contribution in [1.82, 2.24) is 9.80 Å². The van der Waals surface area contributed by atoms with Crippen LogP contribution >= 0.6 is 11.6 Å². The molecule has 1 N–H and O–H groups in total. The number of benzene rings is 2. The Kier molecular flexibility index (Phi) is 7.12. The van der Waals surface area contributed by atoms with Gasteiger partial charge in [0, 0.05) is 13.6 Å². The lowest BCUT2D eigenvalue weighted by atomic mass is 10.2. The van der Waals surface area contributed by atoms with Crippen molar-refractivity contribution in [2.75, 3.05) is 32.5 Å². The molecule has 2 aromatic rings. The highest BCUT2D eigenvalue weighted by Crippen LogP contribution is 2.20. The van der Waals surface area contributed by atoms with Gasteiger partial charge < -0.3 is 10.2 Å². The zero-order valence-corrected chi connectivity index (χ0v) is 15.5. The smallest absolute Gasteiger partial charge is 0.244 e. The van der Waals surface area contributed by atoms with Crippen molar-refractivity contribution in [3.8, 4) is 0 Å². The van der Waals surface area contributed by atoms with E-state index in [1.807, 2.05) is 0 Å². The number of para-hydroxylation sites is 1. The lowest BCUT2D eigenvalue weighted by Crippen LogP contribution is -2.40. The van der Waals surface area contributed by atoms with Crippen LogP contribution in [0, 0.1) is 5.82 Å². The van der Waals surface area contributed by atoms with Crippen molar-refractivity contribution in [2.24, 2.45) is 0 Å². The Balaban J connectivity index is 1.81. The number of halogens is 2. The number of carbonyl (C=O) groups excluding carboxylic acids is 2. The maximum Gasteiger partial charge on any atom is 0.244 e. The molecule has 0 spiro atoms. The van der Waals surface area contributed by atoms with Crippen LogP contribution < -0.4 is 5.32 Å². The molecule has 7 heteroatoms. The molecule has 0 aliphatic rings. The SMILES string of the molecule is CN(CC(=O)N(C)CC(=O)Nc1ccccc1Cl)Cc1ccc(F)cc1. The molecule has 138 valence electrons. The molecule has 0 atom stereocenters. The van der Waals surface area contributed by atoms with E-state index in [2.05, 4.69) is 5.32 Å². The van der Waals surface area contributed by atoms with Crippen LogP contribution in [0.25, 0.3) is 0 Å². The third kappa shape index (κ3) is 6.13. The van der Waals surface area contributed by atoms with Gasteiger partial charge >= 0.3 is 0 Å². The Morgan fingerprint density at radius 3 is 2.35 bits per heavy atom. The Bertz CT molecular complexity index is 768. The highest BCUT2D eigenvalue weighted by Gasteiger charge is 2.15. The van der Waals surface area contributed by atoms with Crippen LogP contribution in [0.4, 0.5) is 10.1 Å². The topological polar surface area (TPSA) is 52.7 Å². The molecule has 0 saturated heterocycles. The van der Waals surface area contributed by atoms with Crippen molar-refractivity contribution >= 4 is 29.1 Å². The summed E-state index contributed by atoms with van der Waals surface area (Å²) in [5.41, 5.74) is 1.41. The number of hydrogen-bond acceptors (Lipinski definition) is 3. The van der Waals surface area contributed by atoms with Gasteiger partial charge in [-0.2, -0.15) is 0 Å². The predicted molar refractivity (Wildman–Crippen MR) is 100 cm³/mol. The normalized spacial score (nSPS) is 10.7. The van der Waals surface area contributed by atoms with E-state index in [-0.39, 0.29) is 30.7 Å². The number of nitrogens with one attached hydrogen (secondary N) is 1. The Morgan fingerprint density at radius 2 is 1.69 bits per heavy atom. The lowest BCUT2D eigenvalue weighted by Gasteiger charge is -2.21. The summed E-state index contributed by atoms with van der Waals surface area (Å²) in [6.07, 6.45) is 0. The molecule has 0 heterocycles. The number of hydrogen-bond donors (Lipinski definition) is 1. The molecule has 2 amide bonds. The van der Waals surface area contributed by atoms with Crippen molar-refractivity contribution in [3.63, 3.8) is 0 Å². The summed E-state index contributed by atoms with van der Waals surface area (Å²) < 4.78 is 12.9. The molecule has 26 heavy (non-hydrogen) atoms. The van der Waals surface area contributed by atoms with Crippen molar-refractivity contribution < 1.29 is 14.0 Å². The van der Waals surface area contributed by atoms with E-state index in [0.29, 0.717) is 17.3 Å². The van der Waals surface area contributed by atoms with Gasteiger partial charge in [0.1, 0.15) is 5.82 Å². The maximum absolute atomic E-state index is 12.9. The number of carbonyl (C=O) groups is 2. The molecular formula is C19H21ClFN3O2. The molecule has 0 bridgehead atoms. The Labute approximate surface area is 157 Å². The predicted octanol–water partition coefficient (Wildman–Crippen LogP) is 3.01. The number of likely N-dealkylation sites (N-methyl/N-ethyl adjacent to an activating group) is 2. The minimum absolute atomic E-state index is 0.0750.